The minimum absolute atomic E-state index is 0.205. The molecule has 0 amide bonds. The number of nitrogens with zero attached hydrogens (tertiary/aromatic N) is 2. The van der Waals surface area contributed by atoms with Crippen LogP contribution in [0.4, 0.5) is 0 Å². The van der Waals surface area contributed by atoms with E-state index in [9.17, 15) is 0 Å². The first kappa shape index (κ1) is 13.6. The van der Waals surface area contributed by atoms with Crippen LogP contribution in [0.2, 0.25) is 10.3 Å². The molecule has 3 nitrogen and oxygen atoms in total. The van der Waals surface area contributed by atoms with Crippen LogP contribution < -0.4 is 5.32 Å². The third-order valence-corrected chi connectivity index (χ3v) is 5.31. The van der Waals surface area contributed by atoms with Crippen molar-refractivity contribution in [2.75, 3.05) is 19.6 Å². The number of hydrogen-bond acceptors (Lipinski definition) is 3. The van der Waals surface area contributed by atoms with E-state index < -0.39 is 0 Å². The molecule has 0 saturated carbocycles. The molecule has 0 aromatic carbocycles. The van der Waals surface area contributed by atoms with E-state index in [2.05, 4.69) is 29.0 Å². The van der Waals surface area contributed by atoms with Gasteiger partial charge in [0.1, 0.15) is 10.3 Å². The maximum Gasteiger partial charge on any atom is 0.135 e. The van der Waals surface area contributed by atoms with Crippen molar-refractivity contribution in [3.63, 3.8) is 0 Å². The predicted octanol–water partition coefficient (Wildman–Crippen LogP) is 2.82. The van der Waals surface area contributed by atoms with E-state index in [0.29, 0.717) is 10.3 Å². The van der Waals surface area contributed by atoms with Gasteiger partial charge >= 0.3 is 0 Å². The fourth-order valence-corrected chi connectivity index (χ4v) is 3.94. The van der Waals surface area contributed by atoms with Gasteiger partial charge in [-0.05, 0) is 38.3 Å². The van der Waals surface area contributed by atoms with Gasteiger partial charge in [-0.25, -0.2) is 4.98 Å². The number of pyridine rings is 1. The van der Waals surface area contributed by atoms with Crippen molar-refractivity contribution < 1.29 is 0 Å². The SMILES string of the molecule is CC1(C)C2CNCC2CN1Cc1ccc(Cl)nc1Cl. The van der Waals surface area contributed by atoms with Crippen LogP contribution in [-0.2, 0) is 6.54 Å². The lowest BCUT2D eigenvalue weighted by Crippen LogP contribution is -2.43. The zero-order chi connectivity index (χ0) is 13.6. The maximum absolute atomic E-state index is 6.19. The van der Waals surface area contributed by atoms with Gasteiger partial charge in [-0.15, -0.1) is 0 Å². The average molecular weight is 300 g/mol. The van der Waals surface area contributed by atoms with Gasteiger partial charge in [0.2, 0.25) is 0 Å². The molecule has 0 spiro atoms. The lowest BCUT2D eigenvalue weighted by molar-refractivity contribution is 0.132. The van der Waals surface area contributed by atoms with Crippen LogP contribution in [0.5, 0.6) is 0 Å². The molecular formula is C14H19Cl2N3. The fourth-order valence-electron chi connectivity index (χ4n) is 3.54. The van der Waals surface area contributed by atoms with Crippen molar-refractivity contribution in [3.8, 4) is 0 Å². The molecule has 2 atom stereocenters. The highest BCUT2D eigenvalue weighted by Gasteiger charge is 2.49. The number of halogens is 2. The predicted molar refractivity (Wildman–Crippen MR) is 78.6 cm³/mol. The van der Waals surface area contributed by atoms with E-state index in [1.807, 2.05) is 12.1 Å². The van der Waals surface area contributed by atoms with Crippen LogP contribution in [-0.4, -0.2) is 35.1 Å². The van der Waals surface area contributed by atoms with Crippen LogP contribution >= 0.6 is 23.2 Å². The maximum atomic E-state index is 6.19. The minimum atomic E-state index is 0.205. The van der Waals surface area contributed by atoms with Gasteiger partial charge in [0.15, 0.2) is 0 Å². The van der Waals surface area contributed by atoms with Gasteiger partial charge in [-0.2, -0.15) is 0 Å². The number of nitrogens with one attached hydrogen (secondary N) is 1. The van der Waals surface area contributed by atoms with Gasteiger partial charge < -0.3 is 5.32 Å². The van der Waals surface area contributed by atoms with Crippen molar-refractivity contribution in [2.24, 2.45) is 11.8 Å². The van der Waals surface area contributed by atoms with Crippen molar-refractivity contribution in [1.82, 2.24) is 15.2 Å². The third kappa shape index (κ3) is 2.38. The zero-order valence-electron chi connectivity index (χ0n) is 11.3. The Hall–Kier alpha value is -0.350. The molecule has 3 rings (SSSR count). The highest BCUT2D eigenvalue weighted by Crippen LogP contribution is 2.41. The van der Waals surface area contributed by atoms with E-state index in [1.54, 1.807) is 0 Å². The van der Waals surface area contributed by atoms with E-state index in [-0.39, 0.29) is 5.54 Å². The normalized spacial score (nSPS) is 29.7. The summed E-state index contributed by atoms with van der Waals surface area (Å²) in [5.74, 6) is 1.49. The first-order chi connectivity index (χ1) is 8.98. The first-order valence-electron chi connectivity index (χ1n) is 6.75. The molecule has 104 valence electrons. The van der Waals surface area contributed by atoms with Gasteiger partial charge in [0, 0.05) is 30.7 Å². The molecule has 2 saturated heterocycles. The fraction of sp³-hybridized carbons (Fsp3) is 0.643. The van der Waals surface area contributed by atoms with Crippen LogP contribution in [0.3, 0.4) is 0 Å². The molecule has 1 N–H and O–H groups in total. The second-order valence-electron chi connectivity index (χ2n) is 6.14. The molecular weight excluding hydrogens is 281 g/mol. The molecule has 3 heterocycles. The number of aromatic nitrogens is 1. The Bertz CT molecular complexity index is 490. The number of likely N-dealkylation sites (tertiary alicyclic amines) is 1. The average Bonchev–Trinajstić information content (AvgIpc) is 2.87. The van der Waals surface area contributed by atoms with Gasteiger partial charge in [-0.3, -0.25) is 4.90 Å². The Balaban J connectivity index is 1.80. The summed E-state index contributed by atoms with van der Waals surface area (Å²) in [4.78, 5) is 6.66. The molecule has 1 aromatic heterocycles. The molecule has 19 heavy (non-hydrogen) atoms. The molecule has 5 heteroatoms. The Labute approximate surface area is 124 Å². The van der Waals surface area contributed by atoms with Crippen LogP contribution in [0.25, 0.3) is 0 Å². The van der Waals surface area contributed by atoms with Gasteiger partial charge in [0.25, 0.3) is 0 Å². The van der Waals surface area contributed by atoms with Crippen molar-refractivity contribution in [3.05, 3.63) is 28.0 Å². The second-order valence-corrected chi connectivity index (χ2v) is 6.89. The van der Waals surface area contributed by atoms with Crippen molar-refractivity contribution in [2.45, 2.75) is 25.9 Å². The lowest BCUT2D eigenvalue weighted by Gasteiger charge is -2.35. The summed E-state index contributed by atoms with van der Waals surface area (Å²) in [6.07, 6.45) is 0. The van der Waals surface area contributed by atoms with E-state index in [1.165, 1.54) is 0 Å². The Morgan fingerprint density at radius 3 is 2.84 bits per heavy atom. The summed E-state index contributed by atoms with van der Waals surface area (Å²) < 4.78 is 0. The van der Waals surface area contributed by atoms with E-state index >= 15 is 0 Å². The molecule has 2 unspecified atom stereocenters. The quantitative estimate of drug-likeness (QED) is 0.851. The largest absolute Gasteiger partial charge is 0.316 e. The summed E-state index contributed by atoms with van der Waals surface area (Å²) in [6.45, 7) is 8.91. The summed E-state index contributed by atoms with van der Waals surface area (Å²) in [7, 11) is 0. The van der Waals surface area contributed by atoms with Gasteiger partial charge in [-0.1, -0.05) is 29.3 Å². The standard InChI is InChI=1S/C14H19Cl2N3/c1-14(2)11-6-17-5-10(11)8-19(14)7-9-3-4-12(15)18-13(9)16/h3-4,10-11,17H,5-8H2,1-2H3. The Kier molecular flexibility index (Phi) is 3.50. The van der Waals surface area contributed by atoms with E-state index in [4.69, 9.17) is 23.2 Å². The molecule has 0 radical (unpaired) electrons. The smallest absolute Gasteiger partial charge is 0.135 e. The second kappa shape index (κ2) is 4.88. The summed E-state index contributed by atoms with van der Waals surface area (Å²) in [6, 6.07) is 3.80. The molecule has 0 aliphatic carbocycles. The highest BCUT2D eigenvalue weighted by atomic mass is 35.5. The van der Waals surface area contributed by atoms with Crippen molar-refractivity contribution in [1.29, 1.82) is 0 Å². The monoisotopic (exact) mass is 299 g/mol. The van der Waals surface area contributed by atoms with Crippen LogP contribution in [0, 0.1) is 11.8 Å². The van der Waals surface area contributed by atoms with Crippen molar-refractivity contribution >= 4 is 23.2 Å². The lowest BCUT2D eigenvalue weighted by atomic mass is 9.85. The topological polar surface area (TPSA) is 28.2 Å². The molecule has 2 aliphatic heterocycles. The van der Waals surface area contributed by atoms with E-state index in [0.717, 1.165) is 43.6 Å². The molecule has 0 bridgehead atoms. The van der Waals surface area contributed by atoms with Crippen LogP contribution in [0.15, 0.2) is 12.1 Å². The Morgan fingerprint density at radius 1 is 1.37 bits per heavy atom. The number of rotatable bonds is 2. The summed E-state index contributed by atoms with van der Waals surface area (Å²) >= 11 is 12.0. The molecule has 2 aliphatic rings. The summed E-state index contributed by atoms with van der Waals surface area (Å²) in [5, 5.41) is 4.48. The number of hydrogen-bond donors (Lipinski definition) is 1. The summed E-state index contributed by atoms with van der Waals surface area (Å²) in [5.41, 5.74) is 1.27. The van der Waals surface area contributed by atoms with Gasteiger partial charge in [0.05, 0.1) is 0 Å². The number of fused-ring (bicyclic) bond motifs is 1. The van der Waals surface area contributed by atoms with Crippen LogP contribution in [0.1, 0.15) is 19.4 Å². The minimum Gasteiger partial charge on any atom is -0.316 e. The highest BCUT2D eigenvalue weighted by molar-refractivity contribution is 6.32. The third-order valence-electron chi connectivity index (χ3n) is 4.77. The molecule has 1 aromatic rings. The Morgan fingerprint density at radius 2 is 2.16 bits per heavy atom. The molecule has 2 fully saturated rings. The zero-order valence-corrected chi connectivity index (χ0v) is 12.8. The first-order valence-corrected chi connectivity index (χ1v) is 7.51.